The van der Waals surface area contributed by atoms with E-state index in [4.69, 9.17) is 0 Å². The Bertz CT molecular complexity index is 490. The molecule has 1 N–H and O–H groups in total. The summed E-state index contributed by atoms with van der Waals surface area (Å²) in [5.41, 5.74) is -0.731. The maximum atomic E-state index is 13.3. The third kappa shape index (κ3) is 2.59. The highest BCUT2D eigenvalue weighted by Gasteiger charge is 2.49. The minimum absolute atomic E-state index is 0.0572. The zero-order valence-electron chi connectivity index (χ0n) is 11.6. The molecule has 0 spiro atoms. The van der Waals surface area contributed by atoms with Crippen molar-refractivity contribution in [3.8, 4) is 0 Å². The Morgan fingerprint density at radius 3 is 2.25 bits per heavy atom. The van der Waals surface area contributed by atoms with E-state index in [1.54, 1.807) is 17.0 Å². The van der Waals surface area contributed by atoms with Gasteiger partial charge in [0.15, 0.2) is 0 Å². The van der Waals surface area contributed by atoms with Crippen molar-refractivity contribution >= 4 is 11.8 Å². The number of carbonyl (C=O) groups is 1. The molecule has 0 unspecified atom stereocenters. The van der Waals surface area contributed by atoms with Crippen molar-refractivity contribution in [3.63, 3.8) is 0 Å². The smallest absolute Gasteiger partial charge is 0.314 e. The topological polar surface area (TPSA) is 53.4 Å². The number of nitrogens with zero attached hydrogens (tertiary/aromatic N) is 2. The second kappa shape index (κ2) is 5.00. The Morgan fingerprint density at radius 1 is 1.25 bits per heavy atom. The van der Waals surface area contributed by atoms with Crippen molar-refractivity contribution in [1.29, 1.82) is 0 Å². The summed E-state index contributed by atoms with van der Waals surface area (Å²) in [6.45, 7) is 0. The van der Waals surface area contributed by atoms with Crippen molar-refractivity contribution in [1.82, 2.24) is 4.98 Å². The maximum absolute atomic E-state index is 13.3. The number of carboxylic acids is 1. The molecule has 1 heterocycles. The van der Waals surface area contributed by atoms with Crippen LogP contribution in [0.5, 0.6) is 0 Å². The van der Waals surface area contributed by atoms with Crippen molar-refractivity contribution in [2.45, 2.75) is 37.0 Å². The molecule has 1 saturated carbocycles. The first kappa shape index (κ1) is 14.7. The van der Waals surface area contributed by atoms with Gasteiger partial charge in [0.1, 0.15) is 5.82 Å². The summed E-state index contributed by atoms with van der Waals surface area (Å²) in [6.07, 6.45) is 0.590. The van der Waals surface area contributed by atoms with Crippen LogP contribution < -0.4 is 4.90 Å². The molecule has 0 aliphatic heterocycles. The van der Waals surface area contributed by atoms with E-state index in [0.29, 0.717) is 11.4 Å². The molecule has 1 aromatic heterocycles. The van der Waals surface area contributed by atoms with Crippen LogP contribution >= 0.6 is 0 Å². The molecular weight excluding hydrogens is 266 g/mol. The number of pyridine rings is 1. The van der Waals surface area contributed by atoms with Gasteiger partial charge in [0, 0.05) is 33.1 Å². The van der Waals surface area contributed by atoms with Gasteiger partial charge in [0.05, 0.1) is 5.41 Å². The highest BCUT2D eigenvalue weighted by molar-refractivity contribution is 5.81. The van der Waals surface area contributed by atoms with Crippen molar-refractivity contribution < 1.29 is 18.7 Å². The van der Waals surface area contributed by atoms with E-state index in [1.165, 1.54) is 6.20 Å². The van der Waals surface area contributed by atoms with Gasteiger partial charge in [0.2, 0.25) is 5.92 Å². The highest BCUT2D eigenvalue weighted by Crippen LogP contribution is 2.45. The monoisotopic (exact) mass is 284 g/mol. The Kier molecular flexibility index (Phi) is 3.67. The van der Waals surface area contributed by atoms with Crippen molar-refractivity contribution in [2.24, 2.45) is 0 Å². The minimum atomic E-state index is -2.75. The van der Waals surface area contributed by atoms with Crippen LogP contribution in [0.15, 0.2) is 18.3 Å². The van der Waals surface area contributed by atoms with Gasteiger partial charge in [0.25, 0.3) is 0 Å². The van der Waals surface area contributed by atoms with E-state index >= 15 is 0 Å². The lowest BCUT2D eigenvalue weighted by atomic mass is 9.69. The molecule has 6 heteroatoms. The Labute approximate surface area is 116 Å². The zero-order valence-corrected chi connectivity index (χ0v) is 11.6. The van der Waals surface area contributed by atoms with E-state index in [9.17, 15) is 18.7 Å². The number of aromatic nitrogens is 1. The average molecular weight is 284 g/mol. The van der Waals surface area contributed by atoms with Crippen LogP contribution in [0.25, 0.3) is 0 Å². The summed E-state index contributed by atoms with van der Waals surface area (Å²) >= 11 is 0. The molecule has 0 bridgehead atoms. The summed E-state index contributed by atoms with van der Waals surface area (Å²) in [5.74, 6) is -3.10. The molecule has 20 heavy (non-hydrogen) atoms. The van der Waals surface area contributed by atoms with Crippen LogP contribution in [0.2, 0.25) is 0 Å². The van der Waals surface area contributed by atoms with Crippen LogP contribution in [0.4, 0.5) is 14.6 Å². The molecule has 0 saturated heterocycles. The number of aliphatic carboxylic acids is 1. The van der Waals surface area contributed by atoms with E-state index in [0.717, 1.165) is 0 Å². The minimum Gasteiger partial charge on any atom is -0.481 e. The molecule has 1 aliphatic carbocycles. The summed E-state index contributed by atoms with van der Waals surface area (Å²) in [4.78, 5) is 17.6. The first-order valence-corrected chi connectivity index (χ1v) is 6.52. The predicted molar refractivity (Wildman–Crippen MR) is 71.3 cm³/mol. The lowest BCUT2D eigenvalue weighted by Crippen LogP contribution is -2.42. The van der Waals surface area contributed by atoms with Crippen LogP contribution in [-0.4, -0.2) is 36.1 Å². The van der Waals surface area contributed by atoms with Gasteiger partial charge in [-0.05, 0) is 24.5 Å². The van der Waals surface area contributed by atoms with Crippen LogP contribution in [0, 0.1) is 0 Å². The first-order valence-electron chi connectivity index (χ1n) is 6.52. The lowest BCUT2D eigenvalue weighted by Gasteiger charge is -2.36. The van der Waals surface area contributed by atoms with Gasteiger partial charge in [-0.15, -0.1) is 0 Å². The SMILES string of the molecule is CN(C)c1ccc(C2(C(=O)O)CCC(F)(F)CC2)cn1. The molecule has 0 atom stereocenters. The average Bonchev–Trinajstić information content (AvgIpc) is 2.39. The van der Waals surface area contributed by atoms with Gasteiger partial charge in [-0.2, -0.15) is 0 Å². The molecule has 0 amide bonds. The Morgan fingerprint density at radius 2 is 1.85 bits per heavy atom. The predicted octanol–water partition coefficient (Wildman–Crippen LogP) is 2.68. The van der Waals surface area contributed by atoms with Gasteiger partial charge >= 0.3 is 5.97 Å². The van der Waals surface area contributed by atoms with E-state index < -0.39 is 30.1 Å². The summed E-state index contributed by atoms with van der Waals surface area (Å²) in [6, 6.07) is 3.40. The van der Waals surface area contributed by atoms with Crippen LogP contribution in [0.3, 0.4) is 0 Å². The Balaban J connectivity index is 2.32. The normalized spacial score (nSPS) is 20.4. The number of alkyl halides is 2. The maximum Gasteiger partial charge on any atom is 0.314 e. The van der Waals surface area contributed by atoms with Crippen LogP contribution in [-0.2, 0) is 10.2 Å². The summed E-state index contributed by atoms with van der Waals surface area (Å²) < 4.78 is 26.6. The summed E-state index contributed by atoms with van der Waals surface area (Å²) in [5, 5.41) is 9.51. The Hall–Kier alpha value is -1.72. The van der Waals surface area contributed by atoms with Crippen molar-refractivity contribution in [3.05, 3.63) is 23.9 Å². The highest BCUT2D eigenvalue weighted by atomic mass is 19.3. The summed E-state index contributed by atoms with van der Waals surface area (Å²) in [7, 11) is 3.66. The fourth-order valence-electron chi connectivity index (χ4n) is 2.60. The quantitative estimate of drug-likeness (QED) is 0.927. The van der Waals surface area contributed by atoms with Gasteiger partial charge < -0.3 is 10.0 Å². The molecule has 0 aromatic carbocycles. The first-order chi connectivity index (χ1) is 9.27. The molecular formula is C14H18F2N2O2. The number of anilines is 1. The van der Waals surface area contributed by atoms with E-state index in [-0.39, 0.29) is 12.8 Å². The number of halogens is 2. The fourth-order valence-corrected chi connectivity index (χ4v) is 2.60. The van der Waals surface area contributed by atoms with Crippen LogP contribution in [0.1, 0.15) is 31.2 Å². The molecule has 1 aliphatic rings. The van der Waals surface area contributed by atoms with Gasteiger partial charge in [-0.1, -0.05) is 6.07 Å². The van der Waals surface area contributed by atoms with E-state index in [2.05, 4.69) is 4.98 Å². The molecule has 2 rings (SSSR count). The third-order valence-corrected chi connectivity index (χ3v) is 4.00. The largest absolute Gasteiger partial charge is 0.481 e. The van der Waals surface area contributed by atoms with E-state index in [1.807, 2.05) is 14.1 Å². The van der Waals surface area contributed by atoms with Gasteiger partial charge in [-0.25, -0.2) is 13.8 Å². The molecule has 110 valence electrons. The second-order valence-corrected chi connectivity index (χ2v) is 5.54. The molecule has 1 fully saturated rings. The molecule has 0 radical (unpaired) electrons. The molecule has 1 aromatic rings. The standard InChI is InChI=1S/C14H18F2N2O2/c1-18(2)11-4-3-10(9-17-11)13(12(19)20)5-7-14(15,16)8-6-13/h3-4,9H,5-8H2,1-2H3,(H,19,20). The number of hydrogen-bond donors (Lipinski definition) is 1. The second-order valence-electron chi connectivity index (χ2n) is 5.54. The number of carboxylic acid groups (broad SMARTS) is 1. The van der Waals surface area contributed by atoms with Gasteiger partial charge in [-0.3, -0.25) is 4.79 Å². The molecule has 4 nitrogen and oxygen atoms in total. The lowest BCUT2D eigenvalue weighted by molar-refractivity contribution is -0.149. The fraction of sp³-hybridized carbons (Fsp3) is 0.571. The number of hydrogen-bond acceptors (Lipinski definition) is 3. The van der Waals surface area contributed by atoms with Crippen molar-refractivity contribution in [2.75, 3.05) is 19.0 Å². The third-order valence-electron chi connectivity index (χ3n) is 4.00. The number of rotatable bonds is 3. The zero-order chi connectivity index (χ0) is 15.0.